The highest BCUT2D eigenvalue weighted by Crippen LogP contribution is 2.42. The van der Waals surface area contributed by atoms with E-state index in [1.54, 1.807) is 13.0 Å². The van der Waals surface area contributed by atoms with Crippen molar-refractivity contribution >= 4 is 23.1 Å². The maximum absolute atomic E-state index is 13.6. The molecule has 2 aliphatic heterocycles. The quantitative estimate of drug-likeness (QED) is 0.757. The van der Waals surface area contributed by atoms with Crippen LogP contribution >= 0.6 is 11.3 Å². The van der Waals surface area contributed by atoms with Crippen molar-refractivity contribution in [2.45, 2.75) is 58.3 Å². The van der Waals surface area contributed by atoms with E-state index in [1.165, 1.54) is 11.3 Å². The highest BCUT2D eigenvalue weighted by atomic mass is 32.1. The molecule has 9 heteroatoms. The largest absolute Gasteiger partial charge is 0.410 e. The predicted molar refractivity (Wildman–Crippen MR) is 107 cm³/mol. The summed E-state index contributed by atoms with van der Waals surface area (Å²) in [4.78, 5) is 16.5. The third-order valence-corrected chi connectivity index (χ3v) is 7.25. The molecule has 4 heterocycles. The van der Waals surface area contributed by atoms with Crippen LogP contribution < -0.4 is 5.32 Å². The first-order valence-corrected chi connectivity index (χ1v) is 10.7. The fraction of sp³-hybridized carbons (Fsp3) is 0.600. The molecule has 2 aromatic heterocycles. The lowest BCUT2D eigenvalue weighted by molar-refractivity contribution is -0.174. The van der Waals surface area contributed by atoms with Crippen molar-refractivity contribution < 1.29 is 18.0 Å². The van der Waals surface area contributed by atoms with Gasteiger partial charge in [0, 0.05) is 30.1 Å². The molecule has 0 radical (unpaired) electrons. The molecule has 1 saturated heterocycles. The molecule has 0 aliphatic carbocycles. The monoisotopic (exact) mass is 426 g/mol. The van der Waals surface area contributed by atoms with Gasteiger partial charge in [-0.15, -0.1) is 11.3 Å². The van der Waals surface area contributed by atoms with Gasteiger partial charge in [-0.2, -0.15) is 18.3 Å². The maximum Gasteiger partial charge on any atom is 0.410 e. The molecule has 5 nitrogen and oxygen atoms in total. The summed E-state index contributed by atoms with van der Waals surface area (Å²) in [5.74, 6) is 0.562. The van der Waals surface area contributed by atoms with Crippen molar-refractivity contribution in [1.82, 2.24) is 14.7 Å². The summed E-state index contributed by atoms with van der Waals surface area (Å²) in [6.45, 7) is 6.85. The number of thiophene rings is 1. The molecule has 0 aromatic carbocycles. The van der Waals surface area contributed by atoms with Crippen molar-refractivity contribution in [3.8, 4) is 0 Å². The summed E-state index contributed by atoms with van der Waals surface area (Å²) in [5, 5.41) is 7.31. The first-order chi connectivity index (χ1) is 13.6. The molecule has 29 heavy (non-hydrogen) atoms. The minimum Gasteiger partial charge on any atom is -0.367 e. The Labute approximate surface area is 171 Å². The van der Waals surface area contributed by atoms with Crippen molar-refractivity contribution in [2.24, 2.45) is 5.92 Å². The number of aromatic nitrogens is 2. The minimum atomic E-state index is -4.33. The summed E-state index contributed by atoms with van der Waals surface area (Å²) in [5.41, 5.74) is 1.69. The number of carbonyl (C=O) groups excluding carboxylic acids is 1. The molecule has 1 amide bonds. The first kappa shape index (κ1) is 20.3. The molecular formula is C20H25F3N4OS. The Morgan fingerprint density at radius 2 is 1.90 bits per heavy atom. The number of alkyl halides is 3. The van der Waals surface area contributed by atoms with E-state index in [0.717, 1.165) is 20.0 Å². The number of anilines is 1. The van der Waals surface area contributed by atoms with Gasteiger partial charge in [-0.3, -0.25) is 4.79 Å². The second-order valence-electron chi connectivity index (χ2n) is 8.14. The molecule has 0 saturated carbocycles. The lowest BCUT2D eigenvalue weighted by atomic mass is 9.84. The highest BCUT2D eigenvalue weighted by Gasteiger charge is 2.47. The van der Waals surface area contributed by atoms with E-state index < -0.39 is 12.2 Å². The van der Waals surface area contributed by atoms with Gasteiger partial charge < -0.3 is 10.2 Å². The number of rotatable bonds is 2. The summed E-state index contributed by atoms with van der Waals surface area (Å²) in [6.07, 6.45) is -2.96. The second-order valence-corrected chi connectivity index (χ2v) is 9.40. The number of aryl methyl sites for hydroxylation is 3. The number of nitrogens with one attached hydrogen (secondary N) is 1. The lowest BCUT2D eigenvalue weighted by Gasteiger charge is -2.40. The van der Waals surface area contributed by atoms with Gasteiger partial charge in [-0.1, -0.05) is 0 Å². The number of fused-ring (bicyclic) bond motifs is 1. The van der Waals surface area contributed by atoms with Crippen LogP contribution in [0.4, 0.5) is 19.0 Å². The maximum atomic E-state index is 13.6. The fourth-order valence-corrected chi connectivity index (χ4v) is 5.38. The van der Waals surface area contributed by atoms with E-state index >= 15 is 0 Å². The number of piperidine rings is 1. The standard InChI is InChI=1S/C20H25F3N4OS/c1-11-8-16(29-13(11)3)19(28)26-6-4-14(5-7-26)15-10-17(20(21,22)23)27-18(24-15)9-12(2)25-27/h8-9,14-15,17,24H,4-7,10H2,1-3H3/t15-,17+/m0/s1. The number of likely N-dealkylation sites (tertiary alicyclic amines) is 1. The number of hydrogen-bond acceptors (Lipinski definition) is 4. The summed E-state index contributed by atoms with van der Waals surface area (Å²) in [6, 6.07) is 1.72. The van der Waals surface area contributed by atoms with Crippen LogP contribution in [0.5, 0.6) is 0 Å². The highest BCUT2D eigenvalue weighted by molar-refractivity contribution is 7.14. The van der Waals surface area contributed by atoms with Gasteiger partial charge >= 0.3 is 6.18 Å². The number of halogens is 3. The molecule has 2 aliphatic rings. The Bertz CT molecular complexity index is 892. The van der Waals surface area contributed by atoms with E-state index in [-0.39, 0.29) is 24.3 Å². The molecular weight excluding hydrogens is 401 g/mol. The van der Waals surface area contributed by atoms with Crippen molar-refractivity contribution in [1.29, 1.82) is 0 Å². The van der Waals surface area contributed by atoms with Crippen LogP contribution in [0.25, 0.3) is 0 Å². The minimum absolute atomic E-state index is 0.0282. The SMILES string of the molecule is Cc1cc2n(n1)[C@@H](C(F)(F)F)C[C@@H](C1CCN(C(=O)c3cc(C)c(C)s3)CC1)N2. The number of carbonyl (C=O) groups is 1. The predicted octanol–water partition coefficient (Wildman–Crippen LogP) is 4.71. The molecule has 0 spiro atoms. The van der Waals surface area contributed by atoms with Crippen molar-refractivity contribution in [3.05, 3.63) is 33.1 Å². The van der Waals surface area contributed by atoms with Gasteiger partial charge in [0.25, 0.3) is 5.91 Å². The fourth-order valence-electron chi connectivity index (χ4n) is 4.37. The van der Waals surface area contributed by atoms with Crippen LogP contribution in [0.1, 0.15) is 51.1 Å². The van der Waals surface area contributed by atoms with Crippen molar-refractivity contribution in [3.63, 3.8) is 0 Å². The molecule has 1 N–H and O–H groups in total. The first-order valence-electron chi connectivity index (χ1n) is 9.89. The zero-order chi connectivity index (χ0) is 20.9. The van der Waals surface area contributed by atoms with E-state index in [0.29, 0.717) is 37.4 Å². The van der Waals surface area contributed by atoms with Gasteiger partial charge in [0.15, 0.2) is 6.04 Å². The van der Waals surface area contributed by atoms with Gasteiger partial charge in [-0.25, -0.2) is 4.68 Å². The van der Waals surface area contributed by atoms with E-state index in [9.17, 15) is 18.0 Å². The topological polar surface area (TPSA) is 50.2 Å². The normalized spacial score (nSPS) is 23.0. The van der Waals surface area contributed by atoms with Crippen LogP contribution in [-0.4, -0.2) is 45.9 Å². The smallest absolute Gasteiger partial charge is 0.367 e. The number of nitrogens with zero attached hydrogens (tertiary/aromatic N) is 3. The van der Waals surface area contributed by atoms with E-state index in [2.05, 4.69) is 10.4 Å². The molecule has 2 atom stereocenters. The summed E-state index contributed by atoms with van der Waals surface area (Å²) >= 11 is 1.50. The van der Waals surface area contributed by atoms with Gasteiger partial charge in [0.2, 0.25) is 0 Å². The molecule has 158 valence electrons. The average Bonchev–Trinajstić information content (AvgIpc) is 3.20. The molecule has 0 unspecified atom stereocenters. The average molecular weight is 427 g/mol. The molecule has 0 bridgehead atoms. The lowest BCUT2D eigenvalue weighted by Crippen LogP contribution is -2.47. The molecule has 1 fully saturated rings. The van der Waals surface area contributed by atoms with E-state index in [1.807, 2.05) is 24.8 Å². The van der Waals surface area contributed by atoms with Crippen LogP contribution in [0.2, 0.25) is 0 Å². The third-order valence-electron chi connectivity index (χ3n) is 6.11. The summed E-state index contributed by atoms with van der Waals surface area (Å²) < 4.78 is 41.9. The van der Waals surface area contributed by atoms with Crippen LogP contribution in [0.3, 0.4) is 0 Å². The number of amides is 1. The van der Waals surface area contributed by atoms with Crippen molar-refractivity contribution in [2.75, 3.05) is 18.4 Å². The summed E-state index contributed by atoms with van der Waals surface area (Å²) in [7, 11) is 0. The zero-order valence-corrected chi connectivity index (χ0v) is 17.5. The Hall–Kier alpha value is -2.03. The van der Waals surface area contributed by atoms with Crippen LogP contribution in [0, 0.1) is 26.7 Å². The zero-order valence-electron chi connectivity index (χ0n) is 16.7. The molecule has 4 rings (SSSR count). The van der Waals surface area contributed by atoms with E-state index in [4.69, 9.17) is 0 Å². The van der Waals surface area contributed by atoms with Gasteiger partial charge in [0.05, 0.1) is 10.6 Å². The Balaban J connectivity index is 1.44. The Morgan fingerprint density at radius 3 is 2.48 bits per heavy atom. The van der Waals surface area contributed by atoms with Gasteiger partial charge in [-0.05, 0) is 57.6 Å². The third kappa shape index (κ3) is 3.89. The second kappa shape index (κ2) is 7.34. The number of hydrogen-bond donors (Lipinski definition) is 1. The van der Waals surface area contributed by atoms with Crippen LogP contribution in [-0.2, 0) is 0 Å². The van der Waals surface area contributed by atoms with Gasteiger partial charge in [0.1, 0.15) is 5.82 Å². The molecule has 2 aromatic rings. The Morgan fingerprint density at radius 1 is 1.21 bits per heavy atom. The Kier molecular flexibility index (Phi) is 5.13. The van der Waals surface area contributed by atoms with Crippen LogP contribution in [0.15, 0.2) is 12.1 Å².